The zero-order valence-electron chi connectivity index (χ0n) is 11.1. The molecule has 1 saturated heterocycles. The Labute approximate surface area is 127 Å². The van der Waals surface area contributed by atoms with Gasteiger partial charge in [0.2, 0.25) is 5.91 Å². The zero-order chi connectivity index (χ0) is 14.0. The fraction of sp³-hybridized carbons (Fsp3) is 0.500. The average Bonchev–Trinajstić information content (AvgIpc) is 2.35. The van der Waals surface area contributed by atoms with Gasteiger partial charge in [-0.05, 0) is 31.0 Å². The highest BCUT2D eigenvalue weighted by molar-refractivity contribution is 9.10. The molecule has 1 fully saturated rings. The van der Waals surface area contributed by atoms with Crippen LogP contribution < -0.4 is 10.2 Å². The summed E-state index contributed by atoms with van der Waals surface area (Å²) in [5.41, 5.74) is 0.788. The van der Waals surface area contributed by atoms with Crippen molar-refractivity contribution in [3.05, 3.63) is 27.7 Å². The van der Waals surface area contributed by atoms with Gasteiger partial charge in [-0.15, -0.1) is 0 Å². The van der Waals surface area contributed by atoms with E-state index in [1.807, 2.05) is 18.2 Å². The van der Waals surface area contributed by atoms with Crippen molar-refractivity contribution in [2.75, 3.05) is 11.4 Å². The van der Waals surface area contributed by atoms with Gasteiger partial charge in [0.1, 0.15) is 0 Å². The van der Waals surface area contributed by atoms with E-state index >= 15 is 0 Å². The molecule has 0 saturated carbocycles. The molecule has 5 heteroatoms. The number of amides is 1. The zero-order valence-corrected chi connectivity index (χ0v) is 13.5. The molecule has 1 aliphatic rings. The van der Waals surface area contributed by atoms with Gasteiger partial charge in [-0.1, -0.05) is 41.4 Å². The van der Waals surface area contributed by atoms with Crippen LogP contribution in [0.3, 0.4) is 0 Å². The molecule has 19 heavy (non-hydrogen) atoms. The molecule has 1 aromatic carbocycles. The Morgan fingerprint density at radius 2 is 2.21 bits per heavy atom. The average molecular weight is 346 g/mol. The van der Waals surface area contributed by atoms with E-state index in [0.717, 1.165) is 29.5 Å². The summed E-state index contributed by atoms with van der Waals surface area (Å²) in [5, 5.41) is 3.93. The molecule has 2 rings (SSSR count). The summed E-state index contributed by atoms with van der Waals surface area (Å²) in [5.74, 6) is 0.111. The minimum absolute atomic E-state index is 0.108. The van der Waals surface area contributed by atoms with Crippen LogP contribution in [0.25, 0.3) is 0 Å². The molecule has 1 unspecified atom stereocenters. The van der Waals surface area contributed by atoms with E-state index in [4.69, 9.17) is 11.6 Å². The van der Waals surface area contributed by atoms with E-state index in [-0.39, 0.29) is 11.9 Å². The lowest BCUT2D eigenvalue weighted by Gasteiger charge is -2.34. The first-order valence-corrected chi connectivity index (χ1v) is 7.68. The molecule has 0 aliphatic carbocycles. The van der Waals surface area contributed by atoms with Crippen molar-refractivity contribution >= 4 is 39.1 Å². The number of carbonyl (C=O) groups is 1. The number of anilines is 1. The minimum atomic E-state index is -0.108. The van der Waals surface area contributed by atoms with Gasteiger partial charge in [0.25, 0.3) is 0 Å². The summed E-state index contributed by atoms with van der Waals surface area (Å²) < 4.78 is 0.929. The van der Waals surface area contributed by atoms with Crippen molar-refractivity contribution in [2.45, 2.75) is 38.8 Å². The lowest BCUT2D eigenvalue weighted by Crippen LogP contribution is -2.52. The van der Waals surface area contributed by atoms with Crippen LogP contribution in [0.1, 0.15) is 26.7 Å². The van der Waals surface area contributed by atoms with Gasteiger partial charge in [-0.3, -0.25) is 4.79 Å². The third kappa shape index (κ3) is 3.50. The minimum Gasteiger partial charge on any atom is -0.310 e. The number of halogens is 2. The Morgan fingerprint density at radius 3 is 2.89 bits per heavy atom. The first-order chi connectivity index (χ1) is 8.99. The fourth-order valence-corrected chi connectivity index (χ4v) is 2.93. The number of nitrogens with one attached hydrogen (secondary N) is 1. The smallest absolute Gasteiger partial charge is 0.244 e. The van der Waals surface area contributed by atoms with Gasteiger partial charge in [-0.2, -0.15) is 0 Å². The Bertz CT molecular complexity index is 479. The molecular formula is C14H18BrClN2O. The van der Waals surface area contributed by atoms with Gasteiger partial charge >= 0.3 is 0 Å². The van der Waals surface area contributed by atoms with Crippen LogP contribution in [0.5, 0.6) is 0 Å². The van der Waals surface area contributed by atoms with Gasteiger partial charge < -0.3 is 10.2 Å². The van der Waals surface area contributed by atoms with Crippen molar-refractivity contribution in [3.63, 3.8) is 0 Å². The molecule has 104 valence electrons. The molecule has 1 amide bonds. The highest BCUT2D eigenvalue weighted by atomic mass is 79.9. The second-order valence-corrected chi connectivity index (χ2v) is 6.42. The van der Waals surface area contributed by atoms with Crippen LogP contribution in [0, 0.1) is 0 Å². The number of nitrogens with zero attached hydrogens (tertiary/aromatic N) is 1. The molecule has 1 heterocycles. The molecule has 1 aromatic rings. The van der Waals surface area contributed by atoms with Crippen LogP contribution in [0.2, 0.25) is 5.02 Å². The van der Waals surface area contributed by atoms with E-state index in [1.54, 1.807) is 4.90 Å². The predicted octanol–water partition coefficient (Wildman–Crippen LogP) is 3.60. The quantitative estimate of drug-likeness (QED) is 0.908. The summed E-state index contributed by atoms with van der Waals surface area (Å²) in [4.78, 5) is 14.3. The molecule has 1 aliphatic heterocycles. The number of carbonyl (C=O) groups excluding carboxylic acids is 1. The number of hydrogen-bond donors (Lipinski definition) is 1. The van der Waals surface area contributed by atoms with E-state index < -0.39 is 0 Å². The first kappa shape index (κ1) is 14.8. The van der Waals surface area contributed by atoms with E-state index in [0.29, 0.717) is 11.1 Å². The predicted molar refractivity (Wildman–Crippen MR) is 82.8 cm³/mol. The fourth-order valence-electron chi connectivity index (χ4n) is 2.36. The van der Waals surface area contributed by atoms with E-state index in [1.165, 1.54) is 0 Å². The Balaban J connectivity index is 2.24. The van der Waals surface area contributed by atoms with Gasteiger partial charge in [0, 0.05) is 17.1 Å². The van der Waals surface area contributed by atoms with Crippen LogP contribution in [0.15, 0.2) is 22.7 Å². The Morgan fingerprint density at radius 1 is 1.47 bits per heavy atom. The molecule has 0 spiro atoms. The summed E-state index contributed by atoms with van der Waals surface area (Å²) in [6.07, 6.45) is 1.87. The molecule has 0 aromatic heterocycles. The second-order valence-electron chi connectivity index (χ2n) is 5.10. The maximum absolute atomic E-state index is 12.5. The standard InChI is InChI=1S/C14H18BrClN2O/c1-9(2)17-12-4-3-7-18(14(12)19)13-8-10(15)5-6-11(13)16/h5-6,8-9,12,17H,3-4,7H2,1-2H3. The highest BCUT2D eigenvalue weighted by Gasteiger charge is 2.30. The van der Waals surface area contributed by atoms with E-state index in [2.05, 4.69) is 35.1 Å². The monoisotopic (exact) mass is 344 g/mol. The van der Waals surface area contributed by atoms with Crippen molar-refractivity contribution in [1.82, 2.24) is 5.32 Å². The van der Waals surface area contributed by atoms with Crippen molar-refractivity contribution in [2.24, 2.45) is 0 Å². The maximum atomic E-state index is 12.5. The molecule has 3 nitrogen and oxygen atoms in total. The van der Waals surface area contributed by atoms with Crippen molar-refractivity contribution in [3.8, 4) is 0 Å². The van der Waals surface area contributed by atoms with Gasteiger partial charge in [0.15, 0.2) is 0 Å². The van der Waals surface area contributed by atoms with Gasteiger partial charge in [0.05, 0.1) is 16.8 Å². The van der Waals surface area contributed by atoms with Gasteiger partial charge in [-0.25, -0.2) is 0 Å². The van der Waals surface area contributed by atoms with Crippen LogP contribution in [-0.4, -0.2) is 24.5 Å². The molecule has 1 N–H and O–H groups in total. The summed E-state index contributed by atoms with van der Waals surface area (Å²) in [6.45, 7) is 4.84. The molecule has 0 bridgehead atoms. The second kappa shape index (κ2) is 6.25. The summed E-state index contributed by atoms with van der Waals surface area (Å²) >= 11 is 9.64. The third-order valence-electron chi connectivity index (χ3n) is 3.17. The van der Waals surface area contributed by atoms with Crippen LogP contribution >= 0.6 is 27.5 Å². The normalized spacial score (nSPS) is 20.2. The lowest BCUT2D eigenvalue weighted by atomic mass is 10.0. The van der Waals surface area contributed by atoms with Crippen LogP contribution in [-0.2, 0) is 4.79 Å². The highest BCUT2D eigenvalue weighted by Crippen LogP contribution is 2.31. The Kier molecular flexibility index (Phi) is 4.87. The van der Waals surface area contributed by atoms with Crippen molar-refractivity contribution < 1.29 is 4.79 Å². The summed E-state index contributed by atoms with van der Waals surface area (Å²) in [6, 6.07) is 5.78. The summed E-state index contributed by atoms with van der Waals surface area (Å²) in [7, 11) is 0. The maximum Gasteiger partial charge on any atom is 0.244 e. The largest absolute Gasteiger partial charge is 0.310 e. The number of piperidine rings is 1. The molecule has 1 atom stereocenters. The van der Waals surface area contributed by atoms with E-state index in [9.17, 15) is 4.79 Å². The van der Waals surface area contributed by atoms with Crippen molar-refractivity contribution in [1.29, 1.82) is 0 Å². The topological polar surface area (TPSA) is 32.3 Å². The Hall–Kier alpha value is -0.580. The number of hydrogen-bond acceptors (Lipinski definition) is 2. The lowest BCUT2D eigenvalue weighted by molar-refractivity contribution is -0.121. The number of benzene rings is 1. The molecular weight excluding hydrogens is 328 g/mol. The first-order valence-electron chi connectivity index (χ1n) is 6.51. The number of rotatable bonds is 3. The van der Waals surface area contributed by atoms with Crippen LogP contribution in [0.4, 0.5) is 5.69 Å². The SMILES string of the molecule is CC(C)NC1CCCN(c2cc(Br)ccc2Cl)C1=O. The third-order valence-corrected chi connectivity index (χ3v) is 3.99. The molecule has 0 radical (unpaired) electrons.